The van der Waals surface area contributed by atoms with Crippen LogP contribution in [0.1, 0.15) is 13.3 Å². The number of likely N-dealkylation sites (tertiary alicyclic amines) is 1. The number of phenolic OH excluding ortho intramolecular Hbond substituents is 1. The van der Waals surface area contributed by atoms with Crippen molar-refractivity contribution in [2.45, 2.75) is 25.5 Å². The van der Waals surface area contributed by atoms with Crippen LogP contribution in [0.25, 0.3) is 22.3 Å². The SMILES string of the molecule is C[C@@H]1CN(C)CCN1c1nc(OC2CCN(C)C2)nc2nc(-c3c(O)cccc3F)c(F)cc12. The van der Waals surface area contributed by atoms with Crippen molar-refractivity contribution in [1.82, 2.24) is 24.8 Å². The van der Waals surface area contributed by atoms with E-state index < -0.39 is 17.4 Å². The molecule has 2 aromatic heterocycles. The lowest BCUT2D eigenvalue weighted by Gasteiger charge is -2.39. The van der Waals surface area contributed by atoms with E-state index in [1.807, 2.05) is 7.05 Å². The first-order valence-corrected chi connectivity index (χ1v) is 11.5. The summed E-state index contributed by atoms with van der Waals surface area (Å²) in [6, 6.07) is 5.37. The van der Waals surface area contributed by atoms with Crippen LogP contribution >= 0.6 is 0 Å². The highest BCUT2D eigenvalue weighted by Crippen LogP contribution is 2.36. The highest BCUT2D eigenvalue weighted by atomic mass is 19.1. The summed E-state index contributed by atoms with van der Waals surface area (Å²) in [6.45, 7) is 6.12. The van der Waals surface area contributed by atoms with E-state index in [0.717, 1.165) is 38.7 Å². The van der Waals surface area contributed by atoms with Gasteiger partial charge in [0.1, 0.15) is 29.2 Å². The molecule has 2 atom stereocenters. The number of halogens is 2. The van der Waals surface area contributed by atoms with E-state index in [4.69, 9.17) is 9.72 Å². The number of aromatic hydroxyl groups is 1. The topological polar surface area (TPSA) is 77.9 Å². The minimum absolute atomic E-state index is 0.0595. The molecule has 5 rings (SSSR count). The van der Waals surface area contributed by atoms with Crippen LogP contribution in [-0.2, 0) is 0 Å². The maximum Gasteiger partial charge on any atom is 0.320 e. The molecule has 0 radical (unpaired) electrons. The molecule has 3 aromatic rings. The molecule has 1 aromatic carbocycles. The first-order chi connectivity index (χ1) is 16.3. The van der Waals surface area contributed by atoms with Crippen molar-refractivity contribution in [3.63, 3.8) is 0 Å². The highest BCUT2D eigenvalue weighted by Gasteiger charge is 2.29. The number of piperazine rings is 1. The van der Waals surface area contributed by atoms with Gasteiger partial charge in [-0.1, -0.05) is 6.07 Å². The summed E-state index contributed by atoms with van der Waals surface area (Å²) in [5, 5.41) is 10.6. The van der Waals surface area contributed by atoms with Gasteiger partial charge < -0.3 is 24.5 Å². The largest absolute Gasteiger partial charge is 0.507 e. The number of phenols is 1. The Balaban J connectivity index is 1.65. The highest BCUT2D eigenvalue weighted by molar-refractivity contribution is 5.90. The molecule has 0 saturated carbocycles. The first-order valence-electron chi connectivity index (χ1n) is 11.5. The van der Waals surface area contributed by atoms with Crippen LogP contribution in [0, 0.1) is 11.6 Å². The summed E-state index contributed by atoms with van der Waals surface area (Å²) >= 11 is 0. The first kappa shape index (κ1) is 22.7. The van der Waals surface area contributed by atoms with Crippen molar-refractivity contribution >= 4 is 16.9 Å². The van der Waals surface area contributed by atoms with E-state index in [9.17, 15) is 9.50 Å². The zero-order valence-electron chi connectivity index (χ0n) is 19.5. The molecule has 2 aliphatic heterocycles. The number of fused-ring (bicyclic) bond motifs is 1. The molecule has 2 fully saturated rings. The van der Waals surface area contributed by atoms with Gasteiger partial charge in [0.05, 0.1) is 10.9 Å². The monoisotopic (exact) mass is 470 g/mol. The van der Waals surface area contributed by atoms with Gasteiger partial charge in [-0.25, -0.2) is 13.8 Å². The lowest BCUT2D eigenvalue weighted by atomic mass is 10.1. The van der Waals surface area contributed by atoms with E-state index >= 15 is 4.39 Å². The fraction of sp³-hybridized carbons (Fsp3) is 0.458. The van der Waals surface area contributed by atoms with E-state index in [1.54, 1.807) is 0 Å². The predicted octanol–water partition coefficient (Wildman–Crippen LogP) is 2.90. The number of hydrogen-bond donors (Lipinski definition) is 1. The number of hydrogen-bond acceptors (Lipinski definition) is 8. The smallest absolute Gasteiger partial charge is 0.320 e. The molecule has 180 valence electrons. The number of ether oxygens (including phenoxy) is 1. The Morgan fingerprint density at radius 2 is 1.79 bits per heavy atom. The van der Waals surface area contributed by atoms with Crippen molar-refractivity contribution in [1.29, 1.82) is 0 Å². The summed E-state index contributed by atoms with van der Waals surface area (Å²) in [4.78, 5) is 20.0. The Morgan fingerprint density at radius 1 is 1.00 bits per heavy atom. The lowest BCUT2D eigenvalue weighted by molar-refractivity contribution is 0.192. The molecule has 0 amide bonds. The van der Waals surface area contributed by atoms with Gasteiger partial charge in [-0.15, -0.1) is 0 Å². The number of rotatable bonds is 4. The van der Waals surface area contributed by atoms with Gasteiger partial charge in [-0.3, -0.25) is 0 Å². The molecule has 0 aliphatic carbocycles. The van der Waals surface area contributed by atoms with Gasteiger partial charge in [0, 0.05) is 38.8 Å². The molecular formula is C24H28F2N6O2. The van der Waals surface area contributed by atoms with Gasteiger partial charge in [0.2, 0.25) is 0 Å². The second kappa shape index (κ2) is 8.92. The van der Waals surface area contributed by atoms with Gasteiger partial charge >= 0.3 is 6.01 Å². The van der Waals surface area contributed by atoms with Crippen LogP contribution in [0.2, 0.25) is 0 Å². The summed E-state index contributed by atoms with van der Waals surface area (Å²) in [7, 11) is 4.09. The molecule has 1 N–H and O–H groups in total. The van der Waals surface area contributed by atoms with Gasteiger partial charge in [-0.2, -0.15) is 9.97 Å². The fourth-order valence-electron chi connectivity index (χ4n) is 4.78. The normalized spacial score (nSPS) is 22.0. The number of anilines is 1. The summed E-state index contributed by atoms with van der Waals surface area (Å²) < 4.78 is 35.9. The van der Waals surface area contributed by atoms with E-state index in [0.29, 0.717) is 17.7 Å². The van der Waals surface area contributed by atoms with Crippen molar-refractivity contribution in [3.05, 3.63) is 35.9 Å². The second-order valence-corrected chi connectivity index (χ2v) is 9.25. The third-order valence-electron chi connectivity index (χ3n) is 6.55. The number of pyridine rings is 1. The Hall–Kier alpha value is -3.11. The molecule has 4 heterocycles. The van der Waals surface area contributed by atoms with E-state index in [2.05, 4.69) is 38.6 Å². The van der Waals surface area contributed by atoms with Crippen LogP contribution in [0.5, 0.6) is 11.8 Å². The third kappa shape index (κ3) is 4.23. The van der Waals surface area contributed by atoms with Crippen LogP contribution < -0.4 is 9.64 Å². The Labute approximate surface area is 196 Å². The van der Waals surface area contributed by atoms with E-state index in [1.165, 1.54) is 18.2 Å². The van der Waals surface area contributed by atoms with Crippen LogP contribution in [-0.4, -0.2) is 88.8 Å². The number of nitrogens with zero attached hydrogens (tertiary/aromatic N) is 6. The predicted molar refractivity (Wildman–Crippen MR) is 125 cm³/mol. The van der Waals surface area contributed by atoms with Crippen LogP contribution in [0.3, 0.4) is 0 Å². The molecule has 34 heavy (non-hydrogen) atoms. The number of aromatic nitrogens is 3. The zero-order valence-corrected chi connectivity index (χ0v) is 19.5. The van der Waals surface area contributed by atoms with Gasteiger partial charge in [0.15, 0.2) is 11.5 Å². The molecule has 2 saturated heterocycles. The third-order valence-corrected chi connectivity index (χ3v) is 6.55. The Kier molecular flexibility index (Phi) is 5.95. The lowest BCUT2D eigenvalue weighted by Crippen LogP contribution is -2.51. The number of likely N-dealkylation sites (N-methyl/N-ethyl adjacent to an activating group) is 2. The van der Waals surface area contributed by atoms with E-state index in [-0.39, 0.29) is 35.1 Å². The quantitative estimate of drug-likeness (QED) is 0.624. The Bertz CT molecular complexity index is 1210. The number of benzene rings is 1. The van der Waals surface area contributed by atoms with Crippen molar-refractivity contribution in [2.75, 3.05) is 51.7 Å². The summed E-state index contributed by atoms with van der Waals surface area (Å²) in [5.41, 5.74) is -0.405. The maximum atomic E-state index is 15.3. The minimum Gasteiger partial charge on any atom is -0.507 e. The molecule has 10 heteroatoms. The summed E-state index contributed by atoms with van der Waals surface area (Å²) in [5.74, 6) is -1.37. The van der Waals surface area contributed by atoms with Crippen molar-refractivity contribution in [3.8, 4) is 23.0 Å². The second-order valence-electron chi connectivity index (χ2n) is 9.25. The van der Waals surface area contributed by atoms with Crippen LogP contribution in [0.4, 0.5) is 14.6 Å². The standard InChI is InChI=1S/C24H28F2N6O2/c1-14-12-31(3)9-10-32(14)23-16-11-18(26)21(20-17(25)5-4-6-19(20)33)27-22(16)28-24(29-23)34-15-7-8-30(2)13-15/h4-6,11,14-15,33H,7-10,12-13H2,1-3H3/t14-,15?/m1/s1. The van der Waals surface area contributed by atoms with Crippen molar-refractivity contribution < 1.29 is 18.6 Å². The molecule has 1 unspecified atom stereocenters. The van der Waals surface area contributed by atoms with Gasteiger partial charge in [0.25, 0.3) is 0 Å². The summed E-state index contributed by atoms with van der Waals surface area (Å²) in [6.07, 6.45) is 0.791. The molecule has 8 nitrogen and oxygen atoms in total. The molecule has 2 aliphatic rings. The van der Waals surface area contributed by atoms with Crippen molar-refractivity contribution in [2.24, 2.45) is 0 Å². The minimum atomic E-state index is -0.766. The molecular weight excluding hydrogens is 442 g/mol. The average Bonchev–Trinajstić information content (AvgIpc) is 3.18. The zero-order chi connectivity index (χ0) is 24.0. The molecule has 0 spiro atoms. The fourth-order valence-corrected chi connectivity index (χ4v) is 4.78. The maximum absolute atomic E-state index is 15.3. The average molecular weight is 471 g/mol. The molecule has 0 bridgehead atoms. The Morgan fingerprint density at radius 3 is 2.50 bits per heavy atom. The van der Waals surface area contributed by atoms with Gasteiger partial charge in [-0.05, 0) is 45.6 Å². The van der Waals surface area contributed by atoms with Crippen LogP contribution in [0.15, 0.2) is 24.3 Å².